The molecule has 9 rings (SSSR count). The first-order valence-corrected chi connectivity index (χ1v) is 24.9. The molecular formula is C63H78O4. The minimum absolute atomic E-state index is 0.0385. The number of aryl methyl sites for hydroxylation is 2. The van der Waals surface area contributed by atoms with Gasteiger partial charge in [0.15, 0.2) is 0 Å². The van der Waals surface area contributed by atoms with Gasteiger partial charge < -0.3 is 20.4 Å². The van der Waals surface area contributed by atoms with Gasteiger partial charge in [-0.15, -0.1) is 0 Å². The number of hydrogen-bond acceptors (Lipinski definition) is 4. The van der Waals surface area contributed by atoms with Crippen LogP contribution in [0.5, 0.6) is 23.0 Å². The molecule has 0 aliphatic heterocycles. The summed E-state index contributed by atoms with van der Waals surface area (Å²) in [6.45, 7) is 23.2. The summed E-state index contributed by atoms with van der Waals surface area (Å²) in [4.78, 5) is 0. The highest BCUT2D eigenvalue weighted by atomic mass is 16.3. The highest BCUT2D eigenvalue weighted by molar-refractivity contribution is 5.47. The highest BCUT2D eigenvalue weighted by Gasteiger charge is 2.51. The first-order chi connectivity index (χ1) is 31.6. The van der Waals surface area contributed by atoms with E-state index in [0.717, 1.165) is 25.7 Å². The summed E-state index contributed by atoms with van der Waals surface area (Å²) in [6, 6.07) is 49.1. The van der Waals surface area contributed by atoms with Gasteiger partial charge in [-0.3, -0.25) is 0 Å². The first-order valence-electron chi connectivity index (χ1n) is 24.9. The summed E-state index contributed by atoms with van der Waals surface area (Å²) in [5.74, 6) is 2.56. The molecule has 4 atom stereocenters. The minimum Gasteiger partial charge on any atom is -0.508 e. The average Bonchev–Trinajstić information content (AvgIpc) is 3.52. The van der Waals surface area contributed by atoms with E-state index in [-0.39, 0.29) is 21.7 Å². The molecule has 67 heavy (non-hydrogen) atoms. The van der Waals surface area contributed by atoms with Gasteiger partial charge in [0.25, 0.3) is 0 Å². The lowest BCUT2D eigenvalue weighted by molar-refractivity contribution is 0.127. The van der Waals surface area contributed by atoms with E-state index in [0.29, 0.717) is 45.7 Å². The molecule has 3 saturated carbocycles. The smallest absolute Gasteiger partial charge is 0.115 e. The van der Waals surface area contributed by atoms with Gasteiger partial charge in [0.05, 0.1) is 0 Å². The van der Waals surface area contributed by atoms with Gasteiger partial charge >= 0.3 is 0 Å². The van der Waals surface area contributed by atoms with Crippen molar-refractivity contribution in [3.8, 4) is 23.0 Å². The van der Waals surface area contributed by atoms with Gasteiger partial charge in [-0.05, 0) is 175 Å². The summed E-state index contributed by atoms with van der Waals surface area (Å²) in [5.41, 5.74) is 11.6. The Morgan fingerprint density at radius 3 is 1.04 bits per heavy atom. The summed E-state index contributed by atoms with van der Waals surface area (Å²) in [6.07, 6.45) is 10.6. The molecule has 3 aliphatic rings. The predicted molar refractivity (Wildman–Crippen MR) is 278 cm³/mol. The molecule has 3 aliphatic carbocycles. The number of aromatic hydroxyl groups is 4. The van der Waals surface area contributed by atoms with E-state index < -0.39 is 0 Å². The Morgan fingerprint density at radius 2 is 0.687 bits per heavy atom. The van der Waals surface area contributed by atoms with E-state index in [2.05, 4.69) is 142 Å². The van der Waals surface area contributed by atoms with Gasteiger partial charge in [-0.25, -0.2) is 0 Å². The second-order valence-corrected chi connectivity index (χ2v) is 23.6. The normalized spacial score (nSPS) is 24.6. The van der Waals surface area contributed by atoms with Crippen LogP contribution in [0.15, 0.2) is 146 Å². The van der Waals surface area contributed by atoms with E-state index in [4.69, 9.17) is 0 Å². The molecule has 3 fully saturated rings. The third-order valence-corrected chi connectivity index (χ3v) is 15.9. The number of hydrogen-bond donors (Lipinski definition) is 4. The monoisotopic (exact) mass is 899 g/mol. The van der Waals surface area contributed by atoms with Gasteiger partial charge in [0.1, 0.15) is 23.0 Å². The molecular weight excluding hydrogens is 821 g/mol. The second-order valence-electron chi connectivity index (χ2n) is 23.6. The van der Waals surface area contributed by atoms with Crippen LogP contribution in [0.3, 0.4) is 0 Å². The van der Waals surface area contributed by atoms with E-state index in [1.165, 1.54) is 76.6 Å². The second kappa shape index (κ2) is 19.3. The molecule has 0 radical (unpaired) electrons. The summed E-state index contributed by atoms with van der Waals surface area (Å²) in [5, 5.41) is 38.6. The quantitative estimate of drug-likeness (QED) is 0.134. The van der Waals surface area contributed by atoms with Crippen molar-refractivity contribution in [3.63, 3.8) is 0 Å². The number of phenols is 4. The fourth-order valence-electron chi connectivity index (χ4n) is 13.5. The van der Waals surface area contributed by atoms with Crippen LogP contribution in [0, 0.1) is 41.9 Å². The maximum atomic E-state index is 9.70. The van der Waals surface area contributed by atoms with Crippen LogP contribution in [0.1, 0.15) is 158 Å². The molecule has 0 bridgehead atoms. The Hall–Kier alpha value is -5.48. The Bertz CT molecular complexity index is 2390. The Labute approximate surface area is 403 Å². The van der Waals surface area contributed by atoms with Gasteiger partial charge in [-0.2, -0.15) is 0 Å². The Morgan fingerprint density at radius 1 is 0.358 bits per heavy atom. The van der Waals surface area contributed by atoms with E-state index >= 15 is 0 Å². The lowest BCUT2D eigenvalue weighted by atomic mass is 9.55. The number of phenolic OH excluding ortho intramolecular Hbond substituents is 4. The van der Waals surface area contributed by atoms with Crippen LogP contribution in [0.4, 0.5) is 0 Å². The van der Waals surface area contributed by atoms with Crippen molar-refractivity contribution >= 4 is 0 Å². The summed E-state index contributed by atoms with van der Waals surface area (Å²) in [7, 11) is 0. The lowest BCUT2D eigenvalue weighted by Gasteiger charge is -2.48. The molecule has 0 saturated heterocycles. The van der Waals surface area contributed by atoms with Crippen molar-refractivity contribution in [2.75, 3.05) is 0 Å². The molecule has 0 aromatic heterocycles. The molecule has 0 heterocycles. The molecule has 0 amide bonds. The van der Waals surface area contributed by atoms with Crippen LogP contribution >= 0.6 is 0 Å². The molecule has 4 N–H and O–H groups in total. The van der Waals surface area contributed by atoms with Crippen molar-refractivity contribution < 1.29 is 20.4 Å². The van der Waals surface area contributed by atoms with E-state index in [1.54, 1.807) is 24.3 Å². The fourth-order valence-corrected chi connectivity index (χ4v) is 13.5. The van der Waals surface area contributed by atoms with E-state index in [1.807, 2.05) is 48.5 Å². The van der Waals surface area contributed by atoms with Crippen LogP contribution in [-0.2, 0) is 16.2 Å². The molecule has 4 heteroatoms. The van der Waals surface area contributed by atoms with Gasteiger partial charge in [-0.1, -0.05) is 170 Å². The average molecular weight is 899 g/mol. The topological polar surface area (TPSA) is 80.9 Å². The molecule has 4 unspecified atom stereocenters. The minimum atomic E-state index is -0.0385. The van der Waals surface area contributed by atoms with Gasteiger partial charge in [0, 0.05) is 16.2 Å². The van der Waals surface area contributed by atoms with Crippen molar-refractivity contribution in [1.29, 1.82) is 0 Å². The van der Waals surface area contributed by atoms with Crippen molar-refractivity contribution in [1.82, 2.24) is 0 Å². The zero-order chi connectivity index (χ0) is 48.4. The maximum absolute atomic E-state index is 9.70. The standard InChI is InChI=1S/C22H28O.C21H26O.C20H24O2/c1-16-5-7-18(8-6-16)22(19-9-11-20(23)12-10-19)14-17(2)13-21(3,4)15-22;1-15-5-7-17(8-6-15)21(14-20(3,4)13-16(21)2)18-9-11-19(22)12-10-18;1-19(2)12-3-13-20(14-19,15-4-8-17(21)9-5-15)16-6-10-18(22)11-7-16/h5-12,17,23H,13-15H2,1-4H3;5-12,16,22H,13-14H2,1-4H3;4-11,21-22H,3,12-14H2,1-2H3. The van der Waals surface area contributed by atoms with Crippen LogP contribution in [-0.4, -0.2) is 20.4 Å². The van der Waals surface area contributed by atoms with Crippen molar-refractivity contribution in [2.45, 2.75) is 143 Å². The summed E-state index contributed by atoms with van der Waals surface area (Å²) >= 11 is 0. The predicted octanol–water partition coefficient (Wildman–Crippen LogP) is 16.3. The zero-order valence-electron chi connectivity index (χ0n) is 42.2. The molecule has 0 spiro atoms. The third-order valence-electron chi connectivity index (χ3n) is 15.9. The summed E-state index contributed by atoms with van der Waals surface area (Å²) < 4.78 is 0. The SMILES string of the molecule is CC1(C)CCCC(c2ccc(O)cc2)(c2ccc(O)cc2)C1.Cc1ccc(C2(c3ccc(O)cc3)CC(C)(C)CC2C)cc1.Cc1ccc(C2(c3ccc(O)cc3)CC(C)CC(C)(C)C2)cc1. The van der Waals surface area contributed by atoms with E-state index in [9.17, 15) is 20.4 Å². The molecule has 354 valence electrons. The molecule has 6 aromatic carbocycles. The number of benzene rings is 6. The highest BCUT2D eigenvalue weighted by Crippen LogP contribution is 2.58. The van der Waals surface area contributed by atoms with Crippen LogP contribution < -0.4 is 0 Å². The largest absolute Gasteiger partial charge is 0.508 e. The van der Waals surface area contributed by atoms with Crippen molar-refractivity contribution in [2.24, 2.45) is 28.1 Å². The fraction of sp³-hybridized carbons (Fsp3) is 0.429. The molecule has 4 nitrogen and oxygen atoms in total. The van der Waals surface area contributed by atoms with Crippen LogP contribution in [0.25, 0.3) is 0 Å². The van der Waals surface area contributed by atoms with Crippen LogP contribution in [0.2, 0.25) is 0 Å². The third kappa shape index (κ3) is 11.0. The van der Waals surface area contributed by atoms with Gasteiger partial charge in [0.2, 0.25) is 0 Å². The Balaban J connectivity index is 0.000000149. The zero-order valence-corrected chi connectivity index (χ0v) is 42.2. The first kappa shape index (κ1) is 49.4. The Kier molecular flexibility index (Phi) is 14.2. The maximum Gasteiger partial charge on any atom is 0.115 e. The van der Waals surface area contributed by atoms with Crippen molar-refractivity contribution in [3.05, 3.63) is 190 Å². The lowest BCUT2D eigenvalue weighted by Crippen LogP contribution is -2.41. The molecule has 6 aromatic rings. The number of rotatable bonds is 6.